The number of benzene rings is 1. The number of halogens is 1. The number of ether oxygens (including phenoxy) is 2. The molecule has 3 rings (SSSR count). The minimum Gasteiger partial charge on any atom is -0.545 e. The van der Waals surface area contributed by atoms with Crippen molar-refractivity contribution in [1.82, 2.24) is 9.88 Å². The van der Waals surface area contributed by atoms with E-state index in [1.165, 1.54) is 17.4 Å². The zero-order valence-corrected chi connectivity index (χ0v) is 19.2. The van der Waals surface area contributed by atoms with Crippen LogP contribution in [-0.2, 0) is 4.74 Å². The number of thiazole rings is 1. The summed E-state index contributed by atoms with van der Waals surface area (Å²) >= 11 is 1.26. The molecule has 1 aromatic heterocycles. The second kappa shape index (κ2) is 10.0. The first kappa shape index (κ1) is 25.2. The van der Waals surface area contributed by atoms with Gasteiger partial charge in [-0.25, -0.2) is 14.2 Å². The van der Waals surface area contributed by atoms with Crippen molar-refractivity contribution in [3.8, 4) is 16.3 Å². The van der Waals surface area contributed by atoms with Gasteiger partial charge < -0.3 is 24.3 Å². The van der Waals surface area contributed by atoms with E-state index >= 15 is 0 Å². The van der Waals surface area contributed by atoms with Crippen LogP contribution in [0.2, 0.25) is 0 Å². The smallest absolute Gasteiger partial charge is 0.545 e. The fourth-order valence-corrected chi connectivity index (χ4v) is 3.90. The Hall–Kier alpha value is -2.08. The largest absolute Gasteiger partial charge is 1.00 e. The Morgan fingerprint density at radius 2 is 1.90 bits per heavy atom. The molecule has 1 aliphatic rings. The van der Waals surface area contributed by atoms with Crippen molar-refractivity contribution in [2.75, 3.05) is 13.1 Å². The SMILES string of the molecule is Cc1cnc(-c2cc(OC3CCN(C(=O)OC(C)(C)C)CC3)cc(C(=O)[O-])c2F)s1.[Li+]. The van der Waals surface area contributed by atoms with E-state index in [1.807, 2.05) is 27.7 Å². The Morgan fingerprint density at radius 1 is 1.26 bits per heavy atom. The fourth-order valence-electron chi connectivity index (χ4n) is 3.12. The van der Waals surface area contributed by atoms with Gasteiger partial charge in [0.05, 0.1) is 11.5 Å². The summed E-state index contributed by atoms with van der Waals surface area (Å²) in [6, 6.07) is 2.59. The number of carbonyl (C=O) groups is 2. The number of carboxylic acids is 1. The molecular formula is C21H24FLiN2O5S. The summed E-state index contributed by atoms with van der Waals surface area (Å²) in [7, 11) is 0. The van der Waals surface area contributed by atoms with Gasteiger partial charge in [-0.2, -0.15) is 0 Å². The van der Waals surface area contributed by atoms with Crippen LogP contribution in [0.15, 0.2) is 18.3 Å². The van der Waals surface area contributed by atoms with Gasteiger partial charge in [0, 0.05) is 42.6 Å². The number of amides is 1. The second-order valence-corrected chi connectivity index (χ2v) is 9.42. The molecule has 1 fully saturated rings. The summed E-state index contributed by atoms with van der Waals surface area (Å²) < 4.78 is 26.0. The molecule has 0 aliphatic carbocycles. The van der Waals surface area contributed by atoms with E-state index in [1.54, 1.807) is 11.1 Å². The molecule has 1 saturated heterocycles. The normalized spacial score (nSPS) is 14.7. The van der Waals surface area contributed by atoms with Crippen molar-refractivity contribution in [2.45, 2.75) is 52.2 Å². The Kier molecular flexibility index (Phi) is 8.14. The van der Waals surface area contributed by atoms with Crippen molar-refractivity contribution >= 4 is 23.4 Å². The first-order valence-corrected chi connectivity index (χ1v) is 10.5. The molecule has 0 radical (unpaired) electrons. The summed E-state index contributed by atoms with van der Waals surface area (Å²) in [5.74, 6) is -2.28. The molecule has 0 bridgehead atoms. The topological polar surface area (TPSA) is 91.8 Å². The minimum absolute atomic E-state index is 0. The molecule has 10 heteroatoms. The van der Waals surface area contributed by atoms with E-state index in [-0.39, 0.29) is 42.4 Å². The van der Waals surface area contributed by atoms with Crippen LogP contribution in [0.3, 0.4) is 0 Å². The van der Waals surface area contributed by atoms with E-state index < -0.39 is 23.0 Å². The third kappa shape index (κ3) is 6.45. The zero-order valence-electron chi connectivity index (χ0n) is 18.4. The third-order valence-corrected chi connectivity index (χ3v) is 5.46. The molecule has 0 N–H and O–H groups in total. The van der Waals surface area contributed by atoms with Gasteiger partial charge in [0.1, 0.15) is 28.3 Å². The van der Waals surface area contributed by atoms with Crippen LogP contribution in [0, 0.1) is 12.7 Å². The van der Waals surface area contributed by atoms with E-state index in [0.29, 0.717) is 30.9 Å². The number of hydrogen-bond donors (Lipinski definition) is 0. The summed E-state index contributed by atoms with van der Waals surface area (Å²) in [4.78, 5) is 30.2. The van der Waals surface area contributed by atoms with Gasteiger partial charge in [-0.1, -0.05) is 0 Å². The molecule has 7 nitrogen and oxygen atoms in total. The van der Waals surface area contributed by atoms with Gasteiger partial charge in [-0.05, 0) is 39.8 Å². The van der Waals surface area contributed by atoms with Crippen LogP contribution < -0.4 is 28.7 Å². The van der Waals surface area contributed by atoms with E-state index in [4.69, 9.17) is 9.47 Å². The number of aryl methyl sites for hydroxylation is 1. The number of carbonyl (C=O) groups excluding carboxylic acids is 2. The van der Waals surface area contributed by atoms with Crippen LogP contribution in [0.1, 0.15) is 48.8 Å². The molecule has 0 unspecified atom stereocenters. The number of likely N-dealkylation sites (tertiary alicyclic amines) is 1. The standard InChI is InChI=1S/C21H25FN2O5S.Li/c1-12-11-23-18(30-12)15-9-14(10-16(17(15)22)19(25)26)28-13-5-7-24(8-6-13)20(27)29-21(2,3)4;/h9-11,13H,5-8H2,1-4H3,(H,25,26);/q;+1/p-1. The number of carboxylic acid groups (broad SMARTS) is 1. The molecule has 2 aromatic rings. The van der Waals surface area contributed by atoms with E-state index in [9.17, 15) is 19.1 Å². The Balaban J connectivity index is 0.00000341. The number of piperidine rings is 1. The maximum Gasteiger partial charge on any atom is 1.00 e. The van der Waals surface area contributed by atoms with Crippen LogP contribution in [0.5, 0.6) is 5.75 Å². The predicted molar refractivity (Wildman–Crippen MR) is 108 cm³/mol. The van der Waals surface area contributed by atoms with Crippen molar-refractivity contribution in [1.29, 1.82) is 0 Å². The number of rotatable bonds is 4. The maximum absolute atomic E-state index is 14.7. The molecule has 1 aliphatic heterocycles. The first-order chi connectivity index (χ1) is 14.0. The second-order valence-electron chi connectivity index (χ2n) is 8.18. The van der Waals surface area contributed by atoms with Gasteiger partial charge >= 0.3 is 25.0 Å². The van der Waals surface area contributed by atoms with Crippen molar-refractivity contribution in [2.24, 2.45) is 0 Å². The van der Waals surface area contributed by atoms with E-state index in [2.05, 4.69) is 4.98 Å². The van der Waals surface area contributed by atoms with Crippen LogP contribution in [-0.4, -0.2) is 46.7 Å². The zero-order chi connectivity index (χ0) is 22.1. The van der Waals surface area contributed by atoms with Gasteiger partial charge in [-0.3, -0.25) is 0 Å². The summed E-state index contributed by atoms with van der Waals surface area (Å²) in [5.41, 5.74) is -1.07. The average Bonchev–Trinajstić information content (AvgIpc) is 3.08. The summed E-state index contributed by atoms with van der Waals surface area (Å²) in [6.07, 6.45) is 2.07. The maximum atomic E-state index is 14.7. The van der Waals surface area contributed by atoms with Crippen molar-refractivity contribution < 1.29 is 47.4 Å². The average molecular weight is 442 g/mol. The summed E-state index contributed by atoms with van der Waals surface area (Å²) in [5, 5.41) is 11.8. The number of aromatic carboxylic acids is 1. The molecule has 0 spiro atoms. The molecule has 0 saturated carbocycles. The Bertz CT molecular complexity index is 952. The van der Waals surface area contributed by atoms with Crippen molar-refractivity contribution in [3.05, 3.63) is 34.6 Å². The number of aromatic nitrogens is 1. The summed E-state index contributed by atoms with van der Waals surface area (Å²) in [6.45, 7) is 8.17. The van der Waals surface area contributed by atoms with Gasteiger partial charge in [-0.15, -0.1) is 11.3 Å². The Labute approximate surface area is 196 Å². The molecule has 2 heterocycles. The van der Waals surface area contributed by atoms with Crippen LogP contribution in [0.4, 0.5) is 9.18 Å². The molecule has 1 aromatic carbocycles. The molecule has 0 atom stereocenters. The quantitative estimate of drug-likeness (QED) is 0.637. The fraction of sp³-hybridized carbons (Fsp3) is 0.476. The van der Waals surface area contributed by atoms with Crippen molar-refractivity contribution in [3.63, 3.8) is 0 Å². The Morgan fingerprint density at radius 3 is 2.42 bits per heavy atom. The van der Waals surface area contributed by atoms with Crippen LogP contribution >= 0.6 is 11.3 Å². The number of hydrogen-bond acceptors (Lipinski definition) is 7. The monoisotopic (exact) mass is 442 g/mol. The van der Waals surface area contributed by atoms with Crippen LogP contribution in [0.25, 0.3) is 10.6 Å². The van der Waals surface area contributed by atoms with Gasteiger partial charge in [0.15, 0.2) is 0 Å². The van der Waals surface area contributed by atoms with E-state index in [0.717, 1.165) is 10.9 Å². The molecule has 162 valence electrons. The molecule has 31 heavy (non-hydrogen) atoms. The van der Waals surface area contributed by atoms with Gasteiger partial charge in [0.25, 0.3) is 0 Å². The minimum atomic E-state index is -1.62. The first-order valence-electron chi connectivity index (χ1n) is 9.66. The molecular weight excluding hydrogens is 418 g/mol. The predicted octanol–water partition coefficient (Wildman–Crippen LogP) is 0.403. The van der Waals surface area contributed by atoms with Gasteiger partial charge in [0.2, 0.25) is 0 Å². The number of nitrogens with zero attached hydrogens (tertiary/aromatic N) is 2. The third-order valence-electron chi connectivity index (χ3n) is 4.51. The molecule has 1 amide bonds.